The minimum absolute atomic E-state index is 0.0224. The molecule has 0 radical (unpaired) electrons. The van der Waals surface area contributed by atoms with Crippen molar-refractivity contribution in [1.29, 1.82) is 0 Å². The highest BCUT2D eigenvalue weighted by molar-refractivity contribution is 5.95. The van der Waals surface area contributed by atoms with Crippen molar-refractivity contribution in [3.8, 4) is 5.75 Å². The van der Waals surface area contributed by atoms with Crippen molar-refractivity contribution in [2.45, 2.75) is 12.8 Å². The molecule has 1 aromatic rings. The van der Waals surface area contributed by atoms with Gasteiger partial charge in [0.2, 0.25) is 5.91 Å². The molecule has 0 N–H and O–H groups in total. The van der Waals surface area contributed by atoms with Gasteiger partial charge >= 0.3 is 0 Å². The number of likely N-dealkylation sites (tertiary alicyclic amines) is 1. The van der Waals surface area contributed by atoms with E-state index in [9.17, 15) is 9.59 Å². The largest absolute Gasteiger partial charge is 0.497 e. The van der Waals surface area contributed by atoms with Crippen molar-refractivity contribution in [2.75, 3.05) is 59.7 Å². The summed E-state index contributed by atoms with van der Waals surface area (Å²) in [7, 11) is 1.61. The van der Waals surface area contributed by atoms with Crippen LogP contribution in [0, 0.1) is 11.3 Å². The van der Waals surface area contributed by atoms with Crippen molar-refractivity contribution in [2.24, 2.45) is 11.3 Å². The summed E-state index contributed by atoms with van der Waals surface area (Å²) in [6.07, 6.45) is 1.64. The van der Waals surface area contributed by atoms with Gasteiger partial charge in [-0.25, -0.2) is 0 Å². The molecule has 0 saturated carbocycles. The van der Waals surface area contributed by atoms with Crippen LogP contribution in [-0.4, -0.2) is 81.3 Å². The Morgan fingerprint density at radius 2 is 1.64 bits per heavy atom. The number of methoxy groups -OCH3 is 1. The Kier molecular flexibility index (Phi) is 5.55. The first-order chi connectivity index (χ1) is 13.6. The Hall–Kier alpha value is -2.12. The van der Waals surface area contributed by atoms with Crippen molar-refractivity contribution >= 4 is 11.8 Å². The van der Waals surface area contributed by atoms with Crippen LogP contribution in [0.1, 0.15) is 23.2 Å². The number of rotatable bonds is 3. The van der Waals surface area contributed by atoms with Crippen LogP contribution in [0.15, 0.2) is 24.3 Å². The van der Waals surface area contributed by atoms with Crippen molar-refractivity contribution in [3.63, 3.8) is 0 Å². The van der Waals surface area contributed by atoms with Crippen molar-refractivity contribution < 1.29 is 23.8 Å². The smallest absolute Gasteiger partial charge is 0.253 e. The number of amides is 2. The lowest BCUT2D eigenvalue weighted by molar-refractivity contribution is -0.144. The number of carbonyl (C=O) groups is 2. The quantitative estimate of drug-likeness (QED) is 0.784. The molecule has 0 bridgehead atoms. The Balaban J connectivity index is 1.55. The van der Waals surface area contributed by atoms with E-state index in [1.807, 2.05) is 9.80 Å². The van der Waals surface area contributed by atoms with Crippen LogP contribution in [0.3, 0.4) is 0 Å². The van der Waals surface area contributed by atoms with E-state index in [0.717, 1.165) is 18.6 Å². The van der Waals surface area contributed by atoms with Crippen molar-refractivity contribution in [1.82, 2.24) is 9.80 Å². The van der Waals surface area contributed by atoms with Gasteiger partial charge in [0.1, 0.15) is 5.75 Å². The average Bonchev–Trinajstić information content (AvgIpc) is 3.12. The summed E-state index contributed by atoms with van der Waals surface area (Å²) >= 11 is 0. The molecular weight excluding hydrogens is 360 g/mol. The normalized spacial score (nSPS) is 24.4. The van der Waals surface area contributed by atoms with Gasteiger partial charge < -0.3 is 24.0 Å². The summed E-state index contributed by atoms with van der Waals surface area (Å²) < 4.78 is 16.2. The van der Waals surface area contributed by atoms with Gasteiger partial charge in [0.25, 0.3) is 5.91 Å². The fourth-order valence-corrected chi connectivity index (χ4v) is 4.67. The maximum absolute atomic E-state index is 13.3. The molecule has 3 saturated heterocycles. The zero-order valence-electron chi connectivity index (χ0n) is 16.4. The summed E-state index contributed by atoms with van der Waals surface area (Å²) in [5, 5.41) is 0. The minimum atomic E-state index is -0.185. The molecule has 0 aromatic heterocycles. The topological polar surface area (TPSA) is 68.3 Å². The second-order valence-electron chi connectivity index (χ2n) is 7.88. The summed E-state index contributed by atoms with van der Waals surface area (Å²) in [6.45, 7) is 4.83. The molecule has 1 aromatic carbocycles. The molecule has 28 heavy (non-hydrogen) atoms. The number of benzene rings is 1. The summed E-state index contributed by atoms with van der Waals surface area (Å²) in [4.78, 5) is 30.2. The molecular formula is C21H28N2O5. The lowest BCUT2D eigenvalue weighted by Gasteiger charge is -2.39. The third kappa shape index (κ3) is 3.61. The van der Waals surface area contributed by atoms with Crippen LogP contribution in [0.4, 0.5) is 0 Å². The fourth-order valence-electron chi connectivity index (χ4n) is 4.67. The van der Waals surface area contributed by atoms with E-state index in [4.69, 9.17) is 14.2 Å². The molecule has 7 heteroatoms. The van der Waals surface area contributed by atoms with E-state index in [-0.39, 0.29) is 23.1 Å². The van der Waals surface area contributed by atoms with E-state index >= 15 is 0 Å². The highest BCUT2D eigenvalue weighted by atomic mass is 16.5. The molecule has 1 spiro atoms. The molecule has 0 aliphatic carbocycles. The van der Waals surface area contributed by atoms with Crippen LogP contribution in [0.5, 0.6) is 5.75 Å². The van der Waals surface area contributed by atoms with Gasteiger partial charge in [-0.05, 0) is 37.1 Å². The number of hydrogen-bond acceptors (Lipinski definition) is 5. The van der Waals surface area contributed by atoms with Gasteiger partial charge in [-0.15, -0.1) is 0 Å². The molecule has 152 valence electrons. The third-order valence-electron chi connectivity index (χ3n) is 6.38. The second-order valence-corrected chi connectivity index (χ2v) is 7.88. The number of hydrogen-bond donors (Lipinski definition) is 0. The Labute approximate surface area is 165 Å². The third-order valence-corrected chi connectivity index (χ3v) is 6.38. The standard InChI is InChI=1S/C21H28N2O5/c1-26-17-4-2-16(3-5-17)19(24)23-14-18(20(25)22-8-12-28-13-9-22)21(15-23)6-10-27-11-7-21/h2-5,18H,6-15H2,1H3/t18-/m1/s1. The van der Waals surface area contributed by atoms with Crippen molar-refractivity contribution in [3.05, 3.63) is 29.8 Å². The number of nitrogens with zero attached hydrogens (tertiary/aromatic N) is 2. The van der Waals surface area contributed by atoms with E-state index in [1.165, 1.54) is 0 Å². The Bertz CT molecular complexity index is 708. The zero-order valence-corrected chi connectivity index (χ0v) is 16.4. The molecule has 3 heterocycles. The monoisotopic (exact) mass is 388 g/mol. The molecule has 3 fully saturated rings. The molecule has 2 amide bonds. The summed E-state index contributed by atoms with van der Waals surface area (Å²) in [5.74, 6) is 0.692. The molecule has 7 nitrogen and oxygen atoms in total. The highest BCUT2D eigenvalue weighted by Gasteiger charge is 2.52. The maximum Gasteiger partial charge on any atom is 0.253 e. The van der Waals surface area contributed by atoms with E-state index < -0.39 is 0 Å². The SMILES string of the molecule is COc1ccc(C(=O)N2C[C@H](C(=O)N3CCOCC3)C3(CCOCC3)C2)cc1. The van der Waals surface area contributed by atoms with Crippen LogP contribution >= 0.6 is 0 Å². The van der Waals surface area contributed by atoms with Gasteiger partial charge in [0.15, 0.2) is 0 Å². The maximum atomic E-state index is 13.3. The number of ether oxygens (including phenoxy) is 3. The van der Waals surface area contributed by atoms with E-state index in [1.54, 1.807) is 31.4 Å². The molecule has 3 aliphatic heterocycles. The van der Waals surface area contributed by atoms with E-state index in [0.29, 0.717) is 58.2 Å². The molecule has 3 aliphatic rings. The number of carbonyl (C=O) groups excluding carboxylic acids is 2. The van der Waals surface area contributed by atoms with Gasteiger partial charge in [0, 0.05) is 50.4 Å². The fraction of sp³-hybridized carbons (Fsp3) is 0.619. The predicted octanol–water partition coefficient (Wildman–Crippen LogP) is 1.42. The summed E-state index contributed by atoms with van der Waals surface area (Å²) in [6, 6.07) is 7.16. The predicted molar refractivity (Wildman–Crippen MR) is 102 cm³/mol. The van der Waals surface area contributed by atoms with Gasteiger partial charge in [0.05, 0.1) is 26.2 Å². The Morgan fingerprint density at radius 1 is 1.00 bits per heavy atom. The first-order valence-electron chi connectivity index (χ1n) is 10.0. The second kappa shape index (κ2) is 8.09. The highest BCUT2D eigenvalue weighted by Crippen LogP contribution is 2.45. The number of morpholine rings is 1. The van der Waals surface area contributed by atoms with Crippen LogP contribution in [0.2, 0.25) is 0 Å². The lowest BCUT2D eigenvalue weighted by Crippen LogP contribution is -2.49. The first-order valence-corrected chi connectivity index (χ1v) is 10.0. The van der Waals surface area contributed by atoms with Crippen LogP contribution in [0.25, 0.3) is 0 Å². The van der Waals surface area contributed by atoms with Crippen LogP contribution in [-0.2, 0) is 14.3 Å². The zero-order chi connectivity index (χ0) is 19.6. The van der Waals surface area contributed by atoms with E-state index in [2.05, 4.69) is 0 Å². The van der Waals surface area contributed by atoms with Gasteiger partial charge in [-0.3, -0.25) is 9.59 Å². The summed E-state index contributed by atoms with van der Waals surface area (Å²) in [5.41, 5.74) is 0.443. The Morgan fingerprint density at radius 3 is 2.29 bits per heavy atom. The molecule has 0 unspecified atom stereocenters. The minimum Gasteiger partial charge on any atom is -0.497 e. The van der Waals surface area contributed by atoms with Gasteiger partial charge in [-0.2, -0.15) is 0 Å². The lowest BCUT2D eigenvalue weighted by atomic mass is 9.71. The molecule has 4 rings (SSSR count). The first kappa shape index (κ1) is 19.2. The van der Waals surface area contributed by atoms with Gasteiger partial charge in [-0.1, -0.05) is 0 Å². The average molecular weight is 388 g/mol. The van der Waals surface area contributed by atoms with Crippen LogP contribution < -0.4 is 4.74 Å². The molecule has 1 atom stereocenters.